The molecule has 4 heteroatoms. The predicted octanol–water partition coefficient (Wildman–Crippen LogP) is 2.71. The molecule has 1 aromatic heterocycles. The van der Waals surface area contributed by atoms with Gasteiger partial charge < -0.3 is 0 Å². The van der Waals surface area contributed by atoms with Crippen molar-refractivity contribution in [3.63, 3.8) is 0 Å². The second-order valence-corrected chi connectivity index (χ2v) is 3.30. The number of non-ortho nitro benzene ring substituents is 1. The van der Waals surface area contributed by atoms with Crippen molar-refractivity contribution >= 4 is 16.6 Å². The van der Waals surface area contributed by atoms with Crippen LogP contribution in [0.5, 0.6) is 0 Å². The molecule has 2 rings (SSSR count). The van der Waals surface area contributed by atoms with Crippen molar-refractivity contribution in [3.8, 4) is 0 Å². The first-order chi connectivity index (χ1) is 7.22. The third-order valence-electron chi connectivity index (χ3n) is 2.35. The van der Waals surface area contributed by atoms with Gasteiger partial charge in [0.25, 0.3) is 5.69 Å². The highest BCUT2D eigenvalue weighted by atomic mass is 16.6. The first-order valence-electron chi connectivity index (χ1n) is 4.74. The van der Waals surface area contributed by atoms with E-state index in [1.807, 2.05) is 19.1 Å². The van der Waals surface area contributed by atoms with Crippen molar-refractivity contribution < 1.29 is 4.92 Å². The Morgan fingerprint density at radius 2 is 2.27 bits per heavy atom. The van der Waals surface area contributed by atoms with Crippen LogP contribution in [0, 0.1) is 10.1 Å². The Hall–Kier alpha value is -1.97. The number of pyridine rings is 1. The smallest absolute Gasteiger partial charge is 0.258 e. The molecular formula is C11H10N2O2. The molecule has 76 valence electrons. The number of nitrogens with zero attached hydrogens (tertiary/aromatic N) is 2. The van der Waals surface area contributed by atoms with Gasteiger partial charge in [-0.25, -0.2) is 4.98 Å². The lowest BCUT2D eigenvalue weighted by Crippen LogP contribution is -1.93. The van der Waals surface area contributed by atoms with Crippen LogP contribution in [0.1, 0.15) is 12.5 Å². The van der Waals surface area contributed by atoms with Gasteiger partial charge in [0.1, 0.15) is 5.52 Å². The second kappa shape index (κ2) is 3.65. The summed E-state index contributed by atoms with van der Waals surface area (Å²) in [5.41, 5.74) is 1.51. The molecule has 0 N–H and O–H groups in total. The fourth-order valence-corrected chi connectivity index (χ4v) is 1.58. The Bertz CT molecular complexity index is 523. The van der Waals surface area contributed by atoms with Crippen LogP contribution < -0.4 is 0 Å². The molecule has 0 saturated heterocycles. The number of aryl methyl sites for hydroxylation is 1. The summed E-state index contributed by atoms with van der Waals surface area (Å²) >= 11 is 0. The molecule has 1 heterocycles. The van der Waals surface area contributed by atoms with Gasteiger partial charge in [-0.05, 0) is 24.1 Å². The Balaban J connectivity index is 2.80. The number of nitro benzene ring substituents is 1. The summed E-state index contributed by atoms with van der Waals surface area (Å²) in [4.78, 5) is 14.5. The molecule has 0 saturated carbocycles. The maximum absolute atomic E-state index is 10.8. The molecular weight excluding hydrogens is 192 g/mol. The number of fused-ring (bicyclic) bond motifs is 1. The first-order valence-corrected chi connectivity index (χ1v) is 4.74. The van der Waals surface area contributed by atoms with E-state index < -0.39 is 0 Å². The summed E-state index contributed by atoms with van der Waals surface area (Å²) in [7, 11) is 0. The van der Waals surface area contributed by atoms with Crippen molar-refractivity contribution in [2.24, 2.45) is 0 Å². The molecule has 0 radical (unpaired) electrons. The molecule has 1 aromatic carbocycles. The van der Waals surface area contributed by atoms with Gasteiger partial charge in [-0.2, -0.15) is 0 Å². The van der Waals surface area contributed by atoms with Crippen LogP contribution in [-0.4, -0.2) is 9.91 Å². The van der Waals surface area contributed by atoms with Crippen molar-refractivity contribution in [1.29, 1.82) is 0 Å². The van der Waals surface area contributed by atoms with Crippen molar-refractivity contribution in [2.45, 2.75) is 13.3 Å². The number of hydrogen-bond acceptors (Lipinski definition) is 3. The summed E-state index contributed by atoms with van der Waals surface area (Å²) in [6.07, 6.45) is 2.35. The van der Waals surface area contributed by atoms with E-state index in [0.717, 1.165) is 17.4 Å². The highest BCUT2D eigenvalue weighted by Crippen LogP contribution is 2.25. The average molecular weight is 202 g/mol. The van der Waals surface area contributed by atoms with Crippen molar-refractivity contribution in [1.82, 2.24) is 4.98 Å². The number of nitro groups is 1. The van der Waals surface area contributed by atoms with E-state index in [2.05, 4.69) is 4.98 Å². The standard InChI is InChI=1S/C11H10N2O2/c1-2-8-6-9-4-3-5-12-11(9)10(7-8)13(14)15/h3-7H,2H2,1H3. The molecule has 0 unspecified atom stereocenters. The molecule has 4 nitrogen and oxygen atoms in total. The summed E-state index contributed by atoms with van der Waals surface area (Å²) in [5.74, 6) is 0. The van der Waals surface area contributed by atoms with Crippen LogP contribution in [0.4, 0.5) is 5.69 Å². The minimum atomic E-state index is -0.380. The predicted molar refractivity (Wildman–Crippen MR) is 57.8 cm³/mol. The average Bonchev–Trinajstić information content (AvgIpc) is 2.27. The van der Waals surface area contributed by atoms with Gasteiger partial charge in [-0.3, -0.25) is 10.1 Å². The second-order valence-electron chi connectivity index (χ2n) is 3.30. The quantitative estimate of drug-likeness (QED) is 0.555. The monoisotopic (exact) mass is 202 g/mol. The number of rotatable bonds is 2. The molecule has 0 amide bonds. The molecule has 0 bridgehead atoms. The van der Waals surface area contributed by atoms with Crippen LogP contribution in [0.15, 0.2) is 30.5 Å². The summed E-state index contributed by atoms with van der Waals surface area (Å²) in [6, 6.07) is 7.16. The fourth-order valence-electron chi connectivity index (χ4n) is 1.58. The van der Waals surface area contributed by atoms with E-state index in [1.54, 1.807) is 18.3 Å². The van der Waals surface area contributed by atoms with Crippen LogP contribution in [0.3, 0.4) is 0 Å². The molecule has 0 aliphatic rings. The van der Waals surface area contributed by atoms with E-state index in [4.69, 9.17) is 0 Å². The van der Waals surface area contributed by atoms with E-state index in [0.29, 0.717) is 5.52 Å². The minimum absolute atomic E-state index is 0.0879. The van der Waals surface area contributed by atoms with E-state index in [1.165, 1.54) is 0 Å². The van der Waals surface area contributed by atoms with Gasteiger partial charge in [-0.15, -0.1) is 0 Å². The molecule has 2 aromatic rings. The molecule has 0 aliphatic carbocycles. The fraction of sp³-hybridized carbons (Fsp3) is 0.182. The third kappa shape index (κ3) is 1.66. The minimum Gasteiger partial charge on any atom is -0.258 e. The SMILES string of the molecule is CCc1cc([N+](=O)[O-])c2ncccc2c1. The Morgan fingerprint density at radius 1 is 1.47 bits per heavy atom. The summed E-state index contributed by atoms with van der Waals surface area (Å²) < 4.78 is 0. The Labute approximate surface area is 86.7 Å². The van der Waals surface area contributed by atoms with Crippen LogP contribution in [-0.2, 0) is 6.42 Å². The molecule has 0 fully saturated rings. The molecule has 0 spiro atoms. The third-order valence-corrected chi connectivity index (χ3v) is 2.35. The van der Waals surface area contributed by atoms with Gasteiger partial charge in [0, 0.05) is 17.6 Å². The lowest BCUT2D eigenvalue weighted by Gasteiger charge is -2.01. The van der Waals surface area contributed by atoms with Gasteiger partial charge in [0.15, 0.2) is 0 Å². The summed E-state index contributed by atoms with van der Waals surface area (Å²) in [6.45, 7) is 1.97. The normalized spacial score (nSPS) is 10.5. The van der Waals surface area contributed by atoms with Crippen LogP contribution in [0.2, 0.25) is 0 Å². The first kappa shape index (κ1) is 9.58. The van der Waals surface area contributed by atoms with Gasteiger partial charge >= 0.3 is 0 Å². The van der Waals surface area contributed by atoms with Crippen molar-refractivity contribution in [2.75, 3.05) is 0 Å². The van der Waals surface area contributed by atoms with Crippen molar-refractivity contribution in [3.05, 3.63) is 46.1 Å². The van der Waals surface area contributed by atoms with E-state index >= 15 is 0 Å². The molecule has 0 aliphatic heterocycles. The van der Waals surface area contributed by atoms with Crippen LogP contribution >= 0.6 is 0 Å². The lowest BCUT2D eigenvalue weighted by molar-refractivity contribution is -0.383. The molecule has 15 heavy (non-hydrogen) atoms. The zero-order chi connectivity index (χ0) is 10.8. The lowest BCUT2D eigenvalue weighted by atomic mass is 10.1. The maximum Gasteiger partial charge on any atom is 0.295 e. The van der Waals surface area contributed by atoms with E-state index in [9.17, 15) is 10.1 Å². The highest BCUT2D eigenvalue weighted by molar-refractivity contribution is 5.87. The largest absolute Gasteiger partial charge is 0.295 e. The molecule has 0 atom stereocenters. The van der Waals surface area contributed by atoms with Gasteiger partial charge in [0.2, 0.25) is 0 Å². The Morgan fingerprint density at radius 3 is 2.93 bits per heavy atom. The summed E-state index contributed by atoms with van der Waals surface area (Å²) in [5, 5.41) is 11.7. The topological polar surface area (TPSA) is 56.0 Å². The number of hydrogen-bond donors (Lipinski definition) is 0. The van der Waals surface area contributed by atoms with Crippen LogP contribution in [0.25, 0.3) is 10.9 Å². The van der Waals surface area contributed by atoms with E-state index in [-0.39, 0.29) is 10.6 Å². The number of benzene rings is 1. The number of aromatic nitrogens is 1. The highest BCUT2D eigenvalue weighted by Gasteiger charge is 2.13. The maximum atomic E-state index is 10.8. The zero-order valence-electron chi connectivity index (χ0n) is 8.30. The van der Waals surface area contributed by atoms with Gasteiger partial charge in [-0.1, -0.05) is 13.0 Å². The zero-order valence-corrected chi connectivity index (χ0v) is 8.30. The Kier molecular flexibility index (Phi) is 2.33. The van der Waals surface area contributed by atoms with Gasteiger partial charge in [0.05, 0.1) is 4.92 Å².